The van der Waals surface area contributed by atoms with E-state index in [1.54, 1.807) is 17.8 Å². The molecule has 2 rings (SSSR count). The summed E-state index contributed by atoms with van der Waals surface area (Å²) in [6.07, 6.45) is 3.11. The number of carbonyl (C=O) groups excluding carboxylic acids is 1. The van der Waals surface area contributed by atoms with Gasteiger partial charge < -0.3 is 10.5 Å². The molecule has 100 valence electrons. The maximum absolute atomic E-state index is 11.6. The molecule has 1 aromatic heterocycles. The Labute approximate surface area is 119 Å². The average molecular weight is 324 g/mol. The van der Waals surface area contributed by atoms with Crippen LogP contribution in [0.1, 0.15) is 22.8 Å². The zero-order valence-corrected chi connectivity index (χ0v) is 12.3. The number of hydrogen-bond acceptors (Lipinski definition) is 4. The molecular formula is C13H14BrN3O2. The summed E-state index contributed by atoms with van der Waals surface area (Å²) in [6.45, 7) is 4.03. The Hall–Kier alpha value is -1.82. The number of rotatable bonds is 3. The lowest BCUT2D eigenvalue weighted by atomic mass is 10.2. The van der Waals surface area contributed by atoms with Gasteiger partial charge in [-0.15, -0.1) is 0 Å². The molecule has 0 bridgehead atoms. The molecule has 0 spiro atoms. The van der Waals surface area contributed by atoms with Gasteiger partial charge >= 0.3 is 5.97 Å². The van der Waals surface area contributed by atoms with Gasteiger partial charge in [0.15, 0.2) is 0 Å². The number of halogens is 1. The molecule has 19 heavy (non-hydrogen) atoms. The quantitative estimate of drug-likeness (QED) is 0.696. The molecule has 6 heteroatoms. The van der Waals surface area contributed by atoms with Crippen molar-refractivity contribution in [3.8, 4) is 5.69 Å². The van der Waals surface area contributed by atoms with Crippen molar-refractivity contribution in [3.63, 3.8) is 0 Å². The van der Waals surface area contributed by atoms with Crippen LogP contribution < -0.4 is 5.73 Å². The maximum atomic E-state index is 11.6. The number of benzene rings is 1. The van der Waals surface area contributed by atoms with Crippen LogP contribution in [-0.2, 0) is 4.74 Å². The molecule has 0 saturated carbocycles. The standard InChI is InChI=1S/C13H14BrN3O2/c1-3-19-13(18)9-6-16-17(7-9)12-4-8(2)11(15)5-10(12)14/h4-7H,3,15H2,1-2H3. The molecule has 2 aromatic rings. The Morgan fingerprint density at radius 2 is 2.26 bits per heavy atom. The van der Waals surface area contributed by atoms with Crippen molar-refractivity contribution in [1.82, 2.24) is 9.78 Å². The van der Waals surface area contributed by atoms with Gasteiger partial charge in [-0.2, -0.15) is 5.10 Å². The number of nitrogens with zero attached hydrogens (tertiary/aromatic N) is 2. The molecule has 1 heterocycles. The van der Waals surface area contributed by atoms with E-state index in [-0.39, 0.29) is 5.97 Å². The van der Waals surface area contributed by atoms with Crippen molar-refractivity contribution in [1.29, 1.82) is 0 Å². The third kappa shape index (κ3) is 2.78. The van der Waals surface area contributed by atoms with Gasteiger partial charge in [0, 0.05) is 16.4 Å². The van der Waals surface area contributed by atoms with Gasteiger partial charge in [0.2, 0.25) is 0 Å². The zero-order valence-electron chi connectivity index (χ0n) is 10.7. The number of nitrogen functional groups attached to an aromatic ring is 1. The second kappa shape index (κ2) is 5.44. The van der Waals surface area contributed by atoms with Gasteiger partial charge in [0.25, 0.3) is 0 Å². The molecule has 2 N–H and O–H groups in total. The van der Waals surface area contributed by atoms with E-state index in [1.807, 2.05) is 19.1 Å². The minimum atomic E-state index is -0.378. The molecule has 0 aliphatic carbocycles. The Bertz CT molecular complexity index is 622. The summed E-state index contributed by atoms with van der Waals surface area (Å²) in [7, 11) is 0. The summed E-state index contributed by atoms with van der Waals surface area (Å²) < 4.78 is 7.35. The number of nitrogens with two attached hydrogens (primary N) is 1. The molecule has 0 amide bonds. The highest BCUT2D eigenvalue weighted by Gasteiger charge is 2.12. The summed E-state index contributed by atoms with van der Waals surface area (Å²) in [4.78, 5) is 11.6. The van der Waals surface area contributed by atoms with Crippen LogP contribution in [-0.4, -0.2) is 22.4 Å². The van der Waals surface area contributed by atoms with Gasteiger partial charge in [0.05, 0.1) is 24.1 Å². The molecule has 0 fully saturated rings. The summed E-state index contributed by atoms with van der Waals surface area (Å²) in [5, 5.41) is 4.17. The fourth-order valence-corrected chi connectivity index (χ4v) is 2.17. The summed E-state index contributed by atoms with van der Waals surface area (Å²) in [6, 6.07) is 3.72. The minimum absolute atomic E-state index is 0.342. The van der Waals surface area contributed by atoms with E-state index in [2.05, 4.69) is 21.0 Å². The average Bonchev–Trinajstić information content (AvgIpc) is 2.83. The largest absolute Gasteiger partial charge is 0.462 e. The first-order valence-electron chi connectivity index (χ1n) is 5.80. The first-order chi connectivity index (χ1) is 9.02. The van der Waals surface area contributed by atoms with E-state index in [1.165, 1.54) is 6.20 Å². The monoisotopic (exact) mass is 323 g/mol. The van der Waals surface area contributed by atoms with Gasteiger partial charge in [-0.05, 0) is 47.5 Å². The smallest absolute Gasteiger partial charge is 0.341 e. The highest BCUT2D eigenvalue weighted by molar-refractivity contribution is 9.10. The molecule has 0 aliphatic rings. The van der Waals surface area contributed by atoms with E-state index in [9.17, 15) is 4.79 Å². The Kier molecular flexibility index (Phi) is 3.90. The fourth-order valence-electron chi connectivity index (χ4n) is 1.63. The third-order valence-electron chi connectivity index (χ3n) is 2.68. The van der Waals surface area contributed by atoms with E-state index in [0.717, 1.165) is 15.7 Å². The van der Waals surface area contributed by atoms with Crippen LogP contribution in [0.2, 0.25) is 0 Å². The van der Waals surface area contributed by atoms with Crippen molar-refractivity contribution in [2.45, 2.75) is 13.8 Å². The predicted octanol–water partition coefficient (Wildman–Crippen LogP) is 2.70. The Balaban J connectivity index is 2.38. The van der Waals surface area contributed by atoms with Crippen molar-refractivity contribution in [2.75, 3.05) is 12.3 Å². The Morgan fingerprint density at radius 3 is 2.95 bits per heavy atom. The number of anilines is 1. The van der Waals surface area contributed by atoms with Gasteiger partial charge in [-0.1, -0.05) is 0 Å². The number of carbonyl (C=O) groups is 1. The predicted molar refractivity (Wildman–Crippen MR) is 76.4 cm³/mol. The van der Waals surface area contributed by atoms with E-state index in [4.69, 9.17) is 10.5 Å². The molecule has 1 aromatic carbocycles. The molecule has 5 nitrogen and oxygen atoms in total. The van der Waals surface area contributed by atoms with E-state index < -0.39 is 0 Å². The summed E-state index contributed by atoms with van der Waals surface area (Å²) in [5.41, 5.74) is 8.72. The number of aryl methyl sites for hydroxylation is 1. The highest BCUT2D eigenvalue weighted by atomic mass is 79.9. The lowest BCUT2D eigenvalue weighted by molar-refractivity contribution is 0.0526. The van der Waals surface area contributed by atoms with Crippen molar-refractivity contribution in [3.05, 3.63) is 40.1 Å². The molecule has 0 radical (unpaired) electrons. The molecule has 0 aliphatic heterocycles. The summed E-state index contributed by atoms with van der Waals surface area (Å²) in [5.74, 6) is -0.378. The highest BCUT2D eigenvalue weighted by Crippen LogP contribution is 2.26. The maximum Gasteiger partial charge on any atom is 0.341 e. The lowest BCUT2D eigenvalue weighted by Gasteiger charge is -2.08. The van der Waals surface area contributed by atoms with Crippen molar-refractivity contribution in [2.24, 2.45) is 0 Å². The number of hydrogen-bond donors (Lipinski definition) is 1. The van der Waals surface area contributed by atoms with Crippen molar-refractivity contribution >= 4 is 27.6 Å². The van der Waals surface area contributed by atoms with Crippen LogP contribution in [0.4, 0.5) is 5.69 Å². The number of aromatic nitrogens is 2. The second-order valence-corrected chi connectivity index (χ2v) is 4.91. The normalized spacial score (nSPS) is 10.5. The minimum Gasteiger partial charge on any atom is -0.462 e. The SMILES string of the molecule is CCOC(=O)c1cnn(-c2cc(C)c(N)cc2Br)c1. The van der Waals surface area contributed by atoms with Crippen LogP contribution >= 0.6 is 15.9 Å². The fraction of sp³-hybridized carbons (Fsp3) is 0.231. The summed E-state index contributed by atoms with van der Waals surface area (Å²) >= 11 is 3.44. The van der Waals surface area contributed by atoms with Crippen LogP contribution in [0.15, 0.2) is 29.0 Å². The van der Waals surface area contributed by atoms with Crippen LogP contribution in [0.5, 0.6) is 0 Å². The second-order valence-electron chi connectivity index (χ2n) is 4.05. The first kappa shape index (κ1) is 13.6. The third-order valence-corrected chi connectivity index (χ3v) is 3.31. The molecule has 0 saturated heterocycles. The molecule has 0 atom stereocenters. The van der Waals surface area contributed by atoms with Gasteiger partial charge in [0.1, 0.15) is 0 Å². The van der Waals surface area contributed by atoms with Crippen LogP contribution in [0.25, 0.3) is 5.69 Å². The number of ether oxygens (including phenoxy) is 1. The van der Waals surface area contributed by atoms with E-state index >= 15 is 0 Å². The van der Waals surface area contributed by atoms with Gasteiger partial charge in [-0.25, -0.2) is 9.48 Å². The molecular weight excluding hydrogens is 310 g/mol. The van der Waals surface area contributed by atoms with E-state index in [0.29, 0.717) is 17.9 Å². The molecule has 0 unspecified atom stereocenters. The van der Waals surface area contributed by atoms with Crippen molar-refractivity contribution < 1.29 is 9.53 Å². The Morgan fingerprint density at radius 1 is 1.53 bits per heavy atom. The zero-order chi connectivity index (χ0) is 14.0. The lowest BCUT2D eigenvalue weighted by Crippen LogP contribution is -2.03. The first-order valence-corrected chi connectivity index (χ1v) is 6.60. The van der Waals surface area contributed by atoms with Crippen LogP contribution in [0, 0.1) is 6.92 Å². The van der Waals surface area contributed by atoms with Gasteiger partial charge in [-0.3, -0.25) is 0 Å². The number of esters is 1. The topological polar surface area (TPSA) is 70.1 Å². The van der Waals surface area contributed by atoms with Crippen LogP contribution in [0.3, 0.4) is 0 Å².